The van der Waals surface area contributed by atoms with E-state index in [1.807, 2.05) is 0 Å². The minimum Gasteiger partial charge on any atom is -0.493 e. The zero-order chi connectivity index (χ0) is 22.9. The molecule has 0 radical (unpaired) electrons. The fraction of sp³-hybridized carbons (Fsp3) is 0.143. The van der Waals surface area contributed by atoms with Gasteiger partial charge < -0.3 is 14.8 Å². The molecule has 1 amide bonds. The van der Waals surface area contributed by atoms with Crippen LogP contribution in [0.25, 0.3) is 16.9 Å². The number of amides is 1. The van der Waals surface area contributed by atoms with Gasteiger partial charge in [-0.3, -0.25) is 9.78 Å². The van der Waals surface area contributed by atoms with Gasteiger partial charge in [-0.2, -0.15) is 18.3 Å². The van der Waals surface area contributed by atoms with Crippen LogP contribution in [0.4, 0.5) is 18.9 Å². The summed E-state index contributed by atoms with van der Waals surface area (Å²) >= 11 is 0. The molecule has 3 heterocycles. The molecular weight excluding hydrogens is 427 g/mol. The van der Waals surface area contributed by atoms with Gasteiger partial charge in [0.15, 0.2) is 22.8 Å². The standard InChI is InChI=1S/C21H16F3N5O3/c1-31-16-6-5-12(8-17(16)32-2)15-9-18(21(22,23)24)29-19(28-15)14(11-26-29)20(30)27-13-4-3-7-25-10-13/h3-11H,1-2H3,(H,27,30). The number of methoxy groups -OCH3 is 2. The third kappa shape index (κ3) is 3.92. The van der Waals surface area contributed by atoms with E-state index in [1.54, 1.807) is 24.3 Å². The van der Waals surface area contributed by atoms with Crippen LogP contribution in [0.15, 0.2) is 55.0 Å². The number of ether oxygens (including phenoxy) is 2. The van der Waals surface area contributed by atoms with E-state index in [2.05, 4.69) is 20.4 Å². The summed E-state index contributed by atoms with van der Waals surface area (Å²) in [5.74, 6) is 0.0654. The van der Waals surface area contributed by atoms with Crippen molar-refractivity contribution in [3.05, 3.63) is 66.2 Å². The summed E-state index contributed by atoms with van der Waals surface area (Å²) in [6.07, 6.45) is -0.762. The van der Waals surface area contributed by atoms with Crippen LogP contribution < -0.4 is 14.8 Å². The zero-order valence-electron chi connectivity index (χ0n) is 16.8. The topological polar surface area (TPSA) is 90.6 Å². The van der Waals surface area contributed by atoms with E-state index < -0.39 is 17.8 Å². The largest absolute Gasteiger partial charge is 0.493 e. The van der Waals surface area contributed by atoms with Gasteiger partial charge in [0.1, 0.15) is 5.56 Å². The number of nitrogens with zero attached hydrogens (tertiary/aromatic N) is 4. The third-order valence-electron chi connectivity index (χ3n) is 4.61. The van der Waals surface area contributed by atoms with Crippen LogP contribution in [0.3, 0.4) is 0 Å². The molecule has 1 aromatic carbocycles. The van der Waals surface area contributed by atoms with Crippen molar-refractivity contribution in [1.29, 1.82) is 0 Å². The molecule has 0 unspecified atom stereocenters. The van der Waals surface area contributed by atoms with Crippen molar-refractivity contribution in [2.45, 2.75) is 6.18 Å². The van der Waals surface area contributed by atoms with Gasteiger partial charge in [0.25, 0.3) is 5.91 Å². The van der Waals surface area contributed by atoms with Crippen LogP contribution in [0.1, 0.15) is 16.1 Å². The van der Waals surface area contributed by atoms with E-state index in [9.17, 15) is 18.0 Å². The number of carbonyl (C=O) groups is 1. The predicted molar refractivity (Wildman–Crippen MR) is 109 cm³/mol. The Morgan fingerprint density at radius 3 is 2.50 bits per heavy atom. The molecule has 4 aromatic rings. The van der Waals surface area contributed by atoms with Gasteiger partial charge >= 0.3 is 6.18 Å². The normalized spacial score (nSPS) is 11.4. The Hall–Kier alpha value is -4.15. The summed E-state index contributed by atoms with van der Waals surface area (Å²) in [7, 11) is 2.86. The molecule has 3 aromatic heterocycles. The number of nitrogens with one attached hydrogen (secondary N) is 1. The fourth-order valence-corrected chi connectivity index (χ4v) is 3.10. The molecular formula is C21H16F3N5O3. The van der Waals surface area contributed by atoms with Crippen molar-refractivity contribution >= 4 is 17.2 Å². The first-order valence-electron chi connectivity index (χ1n) is 9.21. The highest BCUT2D eigenvalue weighted by atomic mass is 19.4. The lowest BCUT2D eigenvalue weighted by Crippen LogP contribution is -2.16. The van der Waals surface area contributed by atoms with Gasteiger partial charge in [-0.05, 0) is 36.4 Å². The molecule has 0 aliphatic heterocycles. The fourth-order valence-electron chi connectivity index (χ4n) is 3.10. The monoisotopic (exact) mass is 443 g/mol. The molecule has 164 valence electrons. The van der Waals surface area contributed by atoms with Gasteiger partial charge in [0.2, 0.25) is 0 Å². The number of fused-ring (bicyclic) bond motifs is 1. The summed E-state index contributed by atoms with van der Waals surface area (Å²) in [5.41, 5.74) is -0.735. The van der Waals surface area contributed by atoms with Gasteiger partial charge in [-0.1, -0.05) is 0 Å². The molecule has 0 saturated heterocycles. The average Bonchev–Trinajstić information content (AvgIpc) is 3.22. The Balaban J connectivity index is 1.86. The van der Waals surface area contributed by atoms with Gasteiger partial charge in [0.05, 0.1) is 38.0 Å². The minimum absolute atomic E-state index is 0.0123. The van der Waals surface area contributed by atoms with E-state index >= 15 is 0 Å². The minimum atomic E-state index is -4.74. The lowest BCUT2D eigenvalue weighted by Gasteiger charge is -2.13. The van der Waals surface area contributed by atoms with E-state index in [1.165, 1.54) is 32.7 Å². The highest BCUT2D eigenvalue weighted by Crippen LogP contribution is 2.35. The number of anilines is 1. The Morgan fingerprint density at radius 2 is 1.84 bits per heavy atom. The first kappa shape index (κ1) is 21.1. The van der Waals surface area contributed by atoms with Gasteiger partial charge in [0, 0.05) is 11.8 Å². The predicted octanol–water partition coefficient (Wildman–Crippen LogP) is 4.08. The number of pyridine rings is 1. The molecule has 0 bridgehead atoms. The van der Waals surface area contributed by atoms with Crippen molar-refractivity contribution in [2.24, 2.45) is 0 Å². The number of alkyl halides is 3. The van der Waals surface area contributed by atoms with E-state index in [0.29, 0.717) is 27.3 Å². The molecule has 4 rings (SSSR count). The molecule has 32 heavy (non-hydrogen) atoms. The SMILES string of the molecule is COc1ccc(-c2cc(C(F)(F)F)n3ncc(C(=O)Nc4cccnc4)c3n2)cc1OC. The molecule has 11 heteroatoms. The lowest BCUT2D eigenvalue weighted by molar-refractivity contribution is -0.142. The maximum absolute atomic E-state index is 13.8. The molecule has 0 saturated carbocycles. The maximum atomic E-state index is 13.8. The van der Waals surface area contributed by atoms with Crippen LogP contribution in [-0.4, -0.2) is 39.7 Å². The Morgan fingerprint density at radius 1 is 1.06 bits per heavy atom. The Bertz CT molecular complexity index is 1290. The number of rotatable bonds is 5. The van der Waals surface area contributed by atoms with E-state index in [0.717, 1.165) is 12.3 Å². The van der Waals surface area contributed by atoms with Crippen LogP contribution in [-0.2, 0) is 6.18 Å². The molecule has 0 fully saturated rings. The summed E-state index contributed by atoms with van der Waals surface area (Å²) in [4.78, 5) is 20.9. The van der Waals surface area contributed by atoms with E-state index in [-0.39, 0.29) is 16.9 Å². The smallest absolute Gasteiger partial charge is 0.433 e. The number of hydrogen-bond donors (Lipinski definition) is 1. The van der Waals surface area contributed by atoms with Crippen LogP contribution in [0, 0.1) is 0 Å². The molecule has 0 aliphatic carbocycles. The highest BCUT2D eigenvalue weighted by molar-refractivity contribution is 6.08. The molecule has 1 N–H and O–H groups in total. The average molecular weight is 443 g/mol. The van der Waals surface area contributed by atoms with Crippen LogP contribution >= 0.6 is 0 Å². The van der Waals surface area contributed by atoms with E-state index in [4.69, 9.17) is 9.47 Å². The molecule has 0 atom stereocenters. The summed E-state index contributed by atoms with van der Waals surface area (Å²) < 4.78 is 52.4. The Kier molecular flexibility index (Phi) is 5.39. The number of benzene rings is 1. The molecule has 0 spiro atoms. The lowest BCUT2D eigenvalue weighted by atomic mass is 10.1. The number of halogens is 3. The molecule has 8 nitrogen and oxygen atoms in total. The van der Waals surface area contributed by atoms with Crippen molar-refractivity contribution in [1.82, 2.24) is 19.6 Å². The quantitative estimate of drug-likeness (QED) is 0.500. The number of carbonyl (C=O) groups excluding carboxylic acids is 1. The van der Waals surface area contributed by atoms with Crippen molar-refractivity contribution in [3.63, 3.8) is 0 Å². The van der Waals surface area contributed by atoms with Gasteiger partial charge in [-0.25, -0.2) is 9.50 Å². The van der Waals surface area contributed by atoms with Crippen molar-refractivity contribution in [3.8, 4) is 22.8 Å². The zero-order valence-corrected chi connectivity index (χ0v) is 16.8. The first-order valence-corrected chi connectivity index (χ1v) is 9.21. The summed E-state index contributed by atoms with van der Waals surface area (Å²) in [5, 5.41) is 6.33. The molecule has 0 aliphatic rings. The van der Waals surface area contributed by atoms with Gasteiger partial charge in [-0.15, -0.1) is 0 Å². The second-order valence-corrected chi connectivity index (χ2v) is 6.58. The first-order chi connectivity index (χ1) is 15.3. The van der Waals surface area contributed by atoms with Crippen molar-refractivity contribution < 1.29 is 27.4 Å². The van der Waals surface area contributed by atoms with Crippen LogP contribution in [0.2, 0.25) is 0 Å². The highest BCUT2D eigenvalue weighted by Gasteiger charge is 2.36. The summed E-state index contributed by atoms with van der Waals surface area (Å²) in [6, 6.07) is 8.68. The number of hydrogen-bond acceptors (Lipinski definition) is 6. The third-order valence-corrected chi connectivity index (χ3v) is 4.61. The van der Waals surface area contributed by atoms with Crippen LogP contribution in [0.5, 0.6) is 11.5 Å². The van der Waals surface area contributed by atoms with Crippen molar-refractivity contribution in [2.75, 3.05) is 19.5 Å². The number of aromatic nitrogens is 4. The second kappa shape index (κ2) is 8.17. The Labute approximate surface area is 179 Å². The maximum Gasteiger partial charge on any atom is 0.433 e. The summed E-state index contributed by atoms with van der Waals surface area (Å²) in [6.45, 7) is 0. The second-order valence-electron chi connectivity index (χ2n) is 6.58.